The van der Waals surface area contributed by atoms with Gasteiger partial charge in [-0.15, -0.1) is 0 Å². The zero-order valence-electron chi connectivity index (χ0n) is 19.7. The van der Waals surface area contributed by atoms with Crippen LogP contribution in [0.4, 0.5) is 5.82 Å². The van der Waals surface area contributed by atoms with Crippen molar-refractivity contribution in [3.05, 3.63) is 29.5 Å². The van der Waals surface area contributed by atoms with E-state index in [1.807, 2.05) is 41.7 Å². The Morgan fingerprint density at radius 2 is 2.00 bits per heavy atom. The number of nitrogens with zero attached hydrogens (tertiary/aromatic N) is 3. The van der Waals surface area contributed by atoms with E-state index in [1.165, 1.54) is 0 Å². The normalized spacial score (nSPS) is 13.3. The standard InChI is InChI=1S/C23H37ClN4O2/c1-10-29-17(4)11-12-19-14-26-22(24)27-21(19)28(9)20(13-16(2)3)15-25-18(5)30-23(6,7)8/h14,16-17,20,25H,5,10,13,15H2,1-4,6-9H3. The maximum absolute atomic E-state index is 6.11. The van der Waals surface area contributed by atoms with Crippen LogP contribution in [0.25, 0.3) is 0 Å². The highest BCUT2D eigenvalue weighted by Gasteiger charge is 2.22. The summed E-state index contributed by atoms with van der Waals surface area (Å²) in [5.41, 5.74) is 0.413. The lowest BCUT2D eigenvalue weighted by Gasteiger charge is -2.32. The van der Waals surface area contributed by atoms with Crippen LogP contribution in [0.1, 0.15) is 60.5 Å². The van der Waals surface area contributed by atoms with E-state index in [0.29, 0.717) is 36.3 Å². The van der Waals surface area contributed by atoms with Gasteiger partial charge in [-0.3, -0.25) is 0 Å². The smallest absolute Gasteiger partial charge is 0.224 e. The van der Waals surface area contributed by atoms with Crippen molar-refractivity contribution in [2.75, 3.05) is 25.1 Å². The molecule has 0 aromatic carbocycles. The van der Waals surface area contributed by atoms with E-state index in [0.717, 1.165) is 6.42 Å². The highest BCUT2D eigenvalue weighted by atomic mass is 35.5. The lowest BCUT2D eigenvalue weighted by Crippen LogP contribution is -2.42. The molecule has 30 heavy (non-hydrogen) atoms. The Morgan fingerprint density at radius 3 is 2.57 bits per heavy atom. The quantitative estimate of drug-likeness (QED) is 0.327. The molecular formula is C23H37ClN4O2. The third-order valence-electron chi connectivity index (χ3n) is 4.16. The summed E-state index contributed by atoms with van der Waals surface area (Å²) in [5.74, 6) is 7.98. The number of hydrogen-bond donors (Lipinski definition) is 1. The minimum Gasteiger partial charge on any atom is -0.474 e. The van der Waals surface area contributed by atoms with Crippen LogP contribution in [0.5, 0.6) is 0 Å². The van der Waals surface area contributed by atoms with E-state index in [4.69, 9.17) is 21.1 Å². The topological polar surface area (TPSA) is 59.5 Å². The lowest BCUT2D eigenvalue weighted by atomic mass is 10.0. The van der Waals surface area contributed by atoms with Crippen molar-refractivity contribution >= 4 is 17.4 Å². The van der Waals surface area contributed by atoms with Gasteiger partial charge >= 0.3 is 0 Å². The van der Waals surface area contributed by atoms with Crippen molar-refractivity contribution < 1.29 is 9.47 Å². The van der Waals surface area contributed by atoms with E-state index in [2.05, 4.69) is 52.5 Å². The van der Waals surface area contributed by atoms with Gasteiger partial charge in [-0.2, -0.15) is 4.98 Å². The number of ether oxygens (including phenoxy) is 2. The zero-order chi connectivity index (χ0) is 22.9. The first-order chi connectivity index (χ1) is 13.9. The number of halogens is 1. The molecule has 1 rings (SSSR count). The summed E-state index contributed by atoms with van der Waals surface area (Å²) in [4.78, 5) is 10.7. The lowest BCUT2D eigenvalue weighted by molar-refractivity contribution is 0.0410. The summed E-state index contributed by atoms with van der Waals surface area (Å²) in [7, 11) is 2.00. The molecule has 6 nitrogen and oxygen atoms in total. The molecule has 7 heteroatoms. The molecule has 0 aliphatic heterocycles. The van der Waals surface area contributed by atoms with E-state index in [1.54, 1.807) is 6.20 Å². The average molecular weight is 437 g/mol. The molecule has 1 aromatic heterocycles. The fraction of sp³-hybridized carbons (Fsp3) is 0.652. The molecule has 0 fully saturated rings. The molecule has 168 valence electrons. The summed E-state index contributed by atoms with van der Waals surface area (Å²) in [6.45, 7) is 19.5. The second-order valence-corrected chi connectivity index (χ2v) is 8.99. The van der Waals surface area contributed by atoms with Gasteiger partial charge in [-0.25, -0.2) is 4.98 Å². The number of likely N-dealkylation sites (N-methyl/N-ethyl adjacent to an activating group) is 1. The Hall–Kier alpha value is -1.97. The van der Waals surface area contributed by atoms with Gasteiger partial charge in [0, 0.05) is 32.4 Å². The van der Waals surface area contributed by atoms with E-state index >= 15 is 0 Å². The highest BCUT2D eigenvalue weighted by molar-refractivity contribution is 6.28. The van der Waals surface area contributed by atoms with Crippen LogP contribution in [0.15, 0.2) is 18.7 Å². The predicted octanol–water partition coefficient (Wildman–Crippen LogP) is 4.63. The maximum Gasteiger partial charge on any atom is 0.224 e. The van der Waals surface area contributed by atoms with Crippen molar-refractivity contribution in [2.45, 2.75) is 72.6 Å². The molecule has 0 bridgehead atoms. The van der Waals surface area contributed by atoms with Crippen molar-refractivity contribution in [3.63, 3.8) is 0 Å². The molecule has 0 aliphatic rings. The fourth-order valence-electron chi connectivity index (χ4n) is 2.91. The summed E-state index contributed by atoms with van der Waals surface area (Å²) < 4.78 is 11.3. The molecular weight excluding hydrogens is 400 g/mol. The second kappa shape index (κ2) is 12.0. The molecule has 1 aromatic rings. The largest absolute Gasteiger partial charge is 0.474 e. The Kier molecular flexibility index (Phi) is 10.4. The van der Waals surface area contributed by atoms with E-state index in [9.17, 15) is 0 Å². The molecule has 0 radical (unpaired) electrons. The van der Waals surface area contributed by atoms with Crippen LogP contribution in [-0.2, 0) is 9.47 Å². The molecule has 1 N–H and O–H groups in total. The van der Waals surface area contributed by atoms with Crippen LogP contribution in [0.2, 0.25) is 5.28 Å². The van der Waals surface area contributed by atoms with E-state index < -0.39 is 0 Å². The van der Waals surface area contributed by atoms with Crippen LogP contribution < -0.4 is 10.2 Å². The molecule has 0 spiro atoms. The van der Waals surface area contributed by atoms with Crippen molar-refractivity contribution in [3.8, 4) is 11.8 Å². The molecule has 1 heterocycles. The summed E-state index contributed by atoms with van der Waals surface area (Å²) in [6.07, 6.45) is 2.43. The van der Waals surface area contributed by atoms with Gasteiger partial charge in [-0.1, -0.05) is 25.7 Å². The molecule has 0 amide bonds. The molecule has 2 unspecified atom stereocenters. The van der Waals surface area contributed by atoms with Crippen molar-refractivity contribution in [1.29, 1.82) is 0 Å². The molecule has 2 atom stereocenters. The number of aromatic nitrogens is 2. The monoisotopic (exact) mass is 436 g/mol. The van der Waals surface area contributed by atoms with Gasteiger partial charge in [0.25, 0.3) is 0 Å². The van der Waals surface area contributed by atoms with E-state index in [-0.39, 0.29) is 23.0 Å². The predicted molar refractivity (Wildman–Crippen MR) is 125 cm³/mol. The van der Waals surface area contributed by atoms with Crippen LogP contribution in [-0.4, -0.2) is 47.9 Å². The Labute approximate surface area is 187 Å². The summed E-state index contributed by atoms with van der Waals surface area (Å²) >= 11 is 6.11. The average Bonchev–Trinajstić information content (AvgIpc) is 2.62. The van der Waals surface area contributed by atoms with Gasteiger partial charge < -0.3 is 19.7 Å². The molecule has 0 saturated carbocycles. The summed E-state index contributed by atoms with van der Waals surface area (Å²) in [5, 5.41) is 3.50. The van der Waals surface area contributed by atoms with Gasteiger partial charge in [0.1, 0.15) is 17.5 Å². The fourth-order valence-corrected chi connectivity index (χ4v) is 3.04. The molecule has 0 aliphatic carbocycles. The number of hydrogen-bond acceptors (Lipinski definition) is 6. The number of nitrogens with one attached hydrogen (secondary N) is 1. The van der Waals surface area contributed by atoms with Gasteiger partial charge in [0.05, 0.1) is 5.56 Å². The first-order valence-corrected chi connectivity index (χ1v) is 10.8. The van der Waals surface area contributed by atoms with Gasteiger partial charge in [0.2, 0.25) is 5.28 Å². The minimum absolute atomic E-state index is 0.126. The van der Waals surface area contributed by atoms with Crippen LogP contribution in [0.3, 0.4) is 0 Å². The Balaban J connectivity index is 3.09. The number of anilines is 1. The first-order valence-electron chi connectivity index (χ1n) is 10.4. The van der Waals surface area contributed by atoms with Gasteiger partial charge in [-0.05, 0) is 65.1 Å². The maximum atomic E-state index is 6.11. The zero-order valence-corrected chi connectivity index (χ0v) is 20.4. The van der Waals surface area contributed by atoms with Crippen LogP contribution >= 0.6 is 11.6 Å². The Bertz CT molecular complexity index is 750. The molecule has 0 saturated heterocycles. The first kappa shape index (κ1) is 26.1. The Morgan fingerprint density at radius 1 is 1.33 bits per heavy atom. The minimum atomic E-state index is -0.302. The number of rotatable bonds is 10. The third-order valence-corrected chi connectivity index (χ3v) is 4.34. The van der Waals surface area contributed by atoms with Gasteiger partial charge in [0.15, 0.2) is 5.88 Å². The summed E-state index contributed by atoms with van der Waals surface area (Å²) in [6, 6.07) is 0.126. The SMILES string of the molecule is C=C(NCC(CC(C)C)N(C)c1nc(Cl)ncc1C#CC(C)OCC)OC(C)(C)C. The highest BCUT2D eigenvalue weighted by Crippen LogP contribution is 2.22. The third kappa shape index (κ3) is 9.69. The van der Waals surface area contributed by atoms with Crippen molar-refractivity contribution in [2.24, 2.45) is 5.92 Å². The second-order valence-electron chi connectivity index (χ2n) is 8.66. The van der Waals surface area contributed by atoms with Crippen molar-refractivity contribution in [1.82, 2.24) is 15.3 Å². The van der Waals surface area contributed by atoms with Crippen LogP contribution in [0, 0.1) is 17.8 Å².